The van der Waals surface area contributed by atoms with Gasteiger partial charge in [-0.25, -0.2) is 19.5 Å². The quantitative estimate of drug-likeness (QED) is 0.608. The number of urea groups is 1. The van der Waals surface area contributed by atoms with Crippen LogP contribution < -0.4 is 4.90 Å². The van der Waals surface area contributed by atoms with Crippen molar-refractivity contribution >= 4 is 23.7 Å². The number of amides is 4. The molecule has 4 amide bonds. The molecule has 2 saturated heterocycles. The fraction of sp³-hybridized carbons (Fsp3) is 0.636. The molecule has 1 aromatic rings. The summed E-state index contributed by atoms with van der Waals surface area (Å²) < 4.78 is 44.1. The van der Waals surface area contributed by atoms with Crippen molar-refractivity contribution in [3.63, 3.8) is 0 Å². The molecule has 1 saturated carbocycles. The number of aromatic nitrogens is 1. The normalized spacial score (nSPS) is 21.6. The third-order valence-electron chi connectivity index (χ3n) is 6.44. The molecule has 4 rings (SSSR count). The van der Waals surface area contributed by atoms with Gasteiger partial charge in [-0.15, -0.1) is 0 Å². The van der Waals surface area contributed by atoms with Gasteiger partial charge in [0.1, 0.15) is 16.8 Å². The minimum atomic E-state index is -4.62. The average molecular weight is 468 g/mol. The lowest BCUT2D eigenvalue weighted by atomic mass is 9.81. The molecular weight excluding hydrogens is 441 g/mol. The smallest absolute Gasteiger partial charge is 0.433 e. The number of ether oxygens (including phenoxy) is 1. The third-order valence-corrected chi connectivity index (χ3v) is 6.44. The Morgan fingerprint density at radius 1 is 1.12 bits per heavy atom. The van der Waals surface area contributed by atoms with Gasteiger partial charge >= 0.3 is 18.3 Å². The standard InChI is InChI=1S/C22H27F3N4O4/c1-20(2,3)33-19(32)27-11-9-21(10-12-27)17(30)28(18(31)29(21)14-5-4-6-14)15-7-8-16(26-13-15)22(23,24)25/h7-8,13-14H,4-6,9-12H2,1-3H3. The predicted octanol–water partition coefficient (Wildman–Crippen LogP) is 4.19. The van der Waals surface area contributed by atoms with Gasteiger partial charge in [-0.2, -0.15) is 13.2 Å². The molecule has 0 radical (unpaired) electrons. The first-order valence-corrected chi connectivity index (χ1v) is 11.0. The molecule has 2 aliphatic heterocycles. The van der Waals surface area contributed by atoms with E-state index in [0.717, 1.165) is 42.5 Å². The maximum absolute atomic E-state index is 13.6. The van der Waals surface area contributed by atoms with Crippen molar-refractivity contribution in [1.29, 1.82) is 0 Å². The lowest BCUT2D eigenvalue weighted by Crippen LogP contribution is -2.61. The van der Waals surface area contributed by atoms with Crippen molar-refractivity contribution in [2.24, 2.45) is 0 Å². The van der Waals surface area contributed by atoms with Crippen molar-refractivity contribution in [3.05, 3.63) is 24.0 Å². The number of carbonyl (C=O) groups excluding carboxylic acids is 3. The van der Waals surface area contributed by atoms with Gasteiger partial charge in [0.2, 0.25) is 0 Å². The molecule has 3 fully saturated rings. The van der Waals surface area contributed by atoms with E-state index in [1.165, 1.54) is 4.90 Å². The summed E-state index contributed by atoms with van der Waals surface area (Å²) in [5.41, 5.74) is -2.88. The second-order valence-corrected chi connectivity index (χ2v) is 9.78. The Hall–Kier alpha value is -2.85. The first kappa shape index (κ1) is 23.3. The second kappa shape index (κ2) is 7.88. The zero-order valence-electron chi connectivity index (χ0n) is 18.8. The average Bonchev–Trinajstić information content (AvgIpc) is 2.87. The highest BCUT2D eigenvalue weighted by Crippen LogP contribution is 2.44. The van der Waals surface area contributed by atoms with E-state index in [9.17, 15) is 27.6 Å². The number of imide groups is 1. The Labute approximate surface area is 189 Å². The molecule has 1 spiro atoms. The first-order valence-electron chi connectivity index (χ1n) is 11.0. The maximum Gasteiger partial charge on any atom is 0.433 e. The predicted molar refractivity (Wildman–Crippen MR) is 111 cm³/mol. The summed E-state index contributed by atoms with van der Waals surface area (Å²) in [4.78, 5) is 46.9. The monoisotopic (exact) mass is 468 g/mol. The fourth-order valence-corrected chi connectivity index (χ4v) is 4.59. The molecule has 1 aliphatic carbocycles. The summed E-state index contributed by atoms with van der Waals surface area (Å²) in [5.74, 6) is -0.482. The minimum absolute atomic E-state index is 0.00812. The van der Waals surface area contributed by atoms with Crippen LogP contribution in [0.5, 0.6) is 0 Å². The SMILES string of the molecule is CC(C)(C)OC(=O)N1CCC2(CC1)C(=O)N(c1ccc(C(F)(F)F)nc1)C(=O)N2C1CCC1. The molecule has 8 nitrogen and oxygen atoms in total. The van der Waals surface area contributed by atoms with E-state index in [1.54, 1.807) is 25.7 Å². The van der Waals surface area contributed by atoms with Gasteiger partial charge in [-0.3, -0.25) is 4.79 Å². The van der Waals surface area contributed by atoms with Crippen LogP contribution in [0.2, 0.25) is 0 Å². The number of hydrogen-bond donors (Lipinski definition) is 0. The number of alkyl halides is 3. The van der Waals surface area contributed by atoms with Gasteiger partial charge in [-0.05, 0) is 65.0 Å². The van der Waals surface area contributed by atoms with Gasteiger partial charge in [0.05, 0.1) is 11.9 Å². The molecule has 3 aliphatic rings. The Morgan fingerprint density at radius 3 is 2.21 bits per heavy atom. The Morgan fingerprint density at radius 2 is 1.76 bits per heavy atom. The third kappa shape index (κ3) is 4.13. The number of pyridine rings is 1. The van der Waals surface area contributed by atoms with Gasteiger partial charge in [-0.1, -0.05) is 0 Å². The summed E-state index contributed by atoms with van der Waals surface area (Å²) in [5, 5.41) is 0. The fourth-order valence-electron chi connectivity index (χ4n) is 4.59. The van der Waals surface area contributed by atoms with Crippen LogP contribution in [0, 0.1) is 0 Å². The molecule has 0 N–H and O–H groups in total. The van der Waals surface area contributed by atoms with Crippen LogP contribution in [0.4, 0.5) is 28.4 Å². The van der Waals surface area contributed by atoms with Crippen LogP contribution in [0.3, 0.4) is 0 Å². The van der Waals surface area contributed by atoms with E-state index in [2.05, 4.69) is 4.98 Å². The largest absolute Gasteiger partial charge is 0.444 e. The Kier molecular flexibility index (Phi) is 5.57. The molecule has 3 heterocycles. The van der Waals surface area contributed by atoms with Crippen molar-refractivity contribution in [2.75, 3.05) is 18.0 Å². The maximum atomic E-state index is 13.6. The molecule has 11 heteroatoms. The molecule has 0 unspecified atom stereocenters. The minimum Gasteiger partial charge on any atom is -0.444 e. The summed E-state index contributed by atoms with van der Waals surface area (Å²) >= 11 is 0. The number of likely N-dealkylation sites (tertiary alicyclic amines) is 1. The van der Waals surface area contributed by atoms with E-state index in [-0.39, 0.29) is 37.7 Å². The topological polar surface area (TPSA) is 83.0 Å². The lowest BCUT2D eigenvalue weighted by Gasteiger charge is -2.47. The number of nitrogens with zero attached hydrogens (tertiary/aromatic N) is 4. The van der Waals surface area contributed by atoms with Gasteiger partial charge in [0.25, 0.3) is 5.91 Å². The summed E-state index contributed by atoms with van der Waals surface area (Å²) in [6.07, 6.45) is -1.27. The molecule has 0 atom stereocenters. The molecule has 180 valence electrons. The van der Waals surface area contributed by atoms with E-state index in [1.807, 2.05) is 0 Å². The second-order valence-electron chi connectivity index (χ2n) is 9.78. The highest BCUT2D eigenvalue weighted by atomic mass is 19.4. The van der Waals surface area contributed by atoms with E-state index in [0.29, 0.717) is 0 Å². The molecule has 1 aromatic heterocycles. The lowest BCUT2D eigenvalue weighted by molar-refractivity contribution is -0.141. The summed E-state index contributed by atoms with van der Waals surface area (Å²) in [7, 11) is 0. The van der Waals surface area contributed by atoms with E-state index in [4.69, 9.17) is 4.74 Å². The molecule has 0 aromatic carbocycles. The van der Waals surface area contributed by atoms with Gasteiger partial charge < -0.3 is 14.5 Å². The van der Waals surface area contributed by atoms with Crippen LogP contribution in [-0.2, 0) is 15.7 Å². The number of anilines is 1. The highest BCUT2D eigenvalue weighted by molar-refractivity contribution is 6.23. The van der Waals surface area contributed by atoms with Crippen LogP contribution >= 0.6 is 0 Å². The zero-order chi connectivity index (χ0) is 24.2. The van der Waals surface area contributed by atoms with Crippen LogP contribution in [0.25, 0.3) is 0 Å². The zero-order valence-corrected chi connectivity index (χ0v) is 18.8. The van der Waals surface area contributed by atoms with Crippen molar-refractivity contribution in [3.8, 4) is 0 Å². The van der Waals surface area contributed by atoms with Crippen LogP contribution in [0.15, 0.2) is 18.3 Å². The highest BCUT2D eigenvalue weighted by Gasteiger charge is 2.61. The van der Waals surface area contributed by atoms with Crippen LogP contribution in [0.1, 0.15) is 58.6 Å². The number of rotatable bonds is 2. The van der Waals surface area contributed by atoms with Crippen molar-refractivity contribution < 1.29 is 32.3 Å². The van der Waals surface area contributed by atoms with Crippen LogP contribution in [-0.4, -0.2) is 63.1 Å². The molecule has 33 heavy (non-hydrogen) atoms. The number of hydrogen-bond acceptors (Lipinski definition) is 5. The van der Waals surface area contributed by atoms with Crippen molar-refractivity contribution in [2.45, 2.75) is 76.2 Å². The molecular formula is C22H27F3N4O4. The molecule has 0 bridgehead atoms. The number of piperidine rings is 1. The van der Waals surface area contributed by atoms with Gasteiger partial charge in [0.15, 0.2) is 0 Å². The Balaban J connectivity index is 1.59. The Bertz CT molecular complexity index is 946. The van der Waals surface area contributed by atoms with E-state index >= 15 is 0 Å². The van der Waals surface area contributed by atoms with Crippen molar-refractivity contribution in [1.82, 2.24) is 14.8 Å². The number of halogens is 3. The first-order chi connectivity index (χ1) is 15.3. The summed E-state index contributed by atoms with van der Waals surface area (Å²) in [6, 6.07) is 1.21. The number of carbonyl (C=O) groups is 3. The van der Waals surface area contributed by atoms with E-state index < -0.39 is 41.0 Å². The van der Waals surface area contributed by atoms with Gasteiger partial charge in [0, 0.05) is 19.1 Å². The summed E-state index contributed by atoms with van der Waals surface area (Å²) in [6.45, 7) is 5.77.